The maximum atomic E-state index is 12.0. The molecule has 0 aliphatic rings. The monoisotopic (exact) mass is 354 g/mol. The molecule has 1 aromatic carbocycles. The number of sulfonamides is 1. The van der Waals surface area contributed by atoms with Crippen molar-refractivity contribution < 1.29 is 26.3 Å². The molecule has 0 spiro atoms. The van der Waals surface area contributed by atoms with E-state index in [9.17, 15) is 21.6 Å². The van der Waals surface area contributed by atoms with E-state index in [-0.39, 0.29) is 30.6 Å². The molecule has 0 amide bonds. The van der Waals surface area contributed by atoms with Gasteiger partial charge in [0.25, 0.3) is 0 Å². The molecule has 0 aliphatic carbocycles. The fourth-order valence-electron chi connectivity index (χ4n) is 1.41. The van der Waals surface area contributed by atoms with E-state index in [1.54, 1.807) is 0 Å². The molecule has 11 heteroatoms. The molecule has 0 aliphatic heterocycles. The van der Waals surface area contributed by atoms with Crippen LogP contribution in [0, 0.1) is 0 Å². The number of alkyl halides is 3. The highest BCUT2D eigenvalue weighted by atomic mass is 32.2. The van der Waals surface area contributed by atoms with Crippen molar-refractivity contribution >= 4 is 21.7 Å². The summed E-state index contributed by atoms with van der Waals surface area (Å²) in [5, 5.41) is 2.66. The molecule has 0 bridgehead atoms. The van der Waals surface area contributed by atoms with Gasteiger partial charge >= 0.3 is 6.36 Å². The molecule has 0 unspecified atom stereocenters. The Labute approximate surface area is 131 Å². The summed E-state index contributed by atoms with van der Waals surface area (Å²) in [5.74, 6) is -0.380. The number of aliphatic imine (C=N–C) groups is 1. The van der Waals surface area contributed by atoms with Crippen molar-refractivity contribution in [2.45, 2.75) is 13.3 Å². The molecule has 4 N–H and O–H groups in total. The second-order valence-electron chi connectivity index (χ2n) is 4.26. The minimum absolute atomic E-state index is 0.00480. The molecule has 1 aromatic rings. The molecule has 23 heavy (non-hydrogen) atoms. The zero-order chi connectivity index (χ0) is 17.5. The van der Waals surface area contributed by atoms with Crippen LogP contribution in [0.25, 0.3) is 0 Å². The number of benzene rings is 1. The first-order chi connectivity index (χ1) is 10.6. The number of nitrogens with two attached hydrogens (primary N) is 1. The van der Waals surface area contributed by atoms with Crippen molar-refractivity contribution in [2.75, 3.05) is 24.2 Å². The summed E-state index contributed by atoms with van der Waals surface area (Å²) in [4.78, 5) is 3.88. The lowest BCUT2D eigenvalue weighted by Crippen LogP contribution is -2.29. The lowest BCUT2D eigenvalue weighted by Gasteiger charge is -2.10. The number of anilines is 1. The lowest BCUT2D eigenvalue weighted by molar-refractivity contribution is -0.274. The van der Waals surface area contributed by atoms with Crippen molar-refractivity contribution in [1.29, 1.82) is 0 Å². The van der Waals surface area contributed by atoms with E-state index in [1.807, 2.05) is 0 Å². The van der Waals surface area contributed by atoms with Crippen molar-refractivity contribution in [2.24, 2.45) is 10.7 Å². The number of nitrogens with zero attached hydrogens (tertiary/aromatic N) is 1. The van der Waals surface area contributed by atoms with Crippen LogP contribution in [0.15, 0.2) is 29.3 Å². The summed E-state index contributed by atoms with van der Waals surface area (Å²) >= 11 is 0. The van der Waals surface area contributed by atoms with Gasteiger partial charge in [-0.25, -0.2) is 13.1 Å². The van der Waals surface area contributed by atoms with Gasteiger partial charge in [-0.15, -0.1) is 13.2 Å². The van der Waals surface area contributed by atoms with Gasteiger partial charge in [-0.1, -0.05) is 0 Å². The number of nitrogens with one attached hydrogen (secondary N) is 2. The molecule has 7 nitrogen and oxygen atoms in total. The Morgan fingerprint density at radius 1 is 1.30 bits per heavy atom. The number of guanidine groups is 1. The van der Waals surface area contributed by atoms with Crippen molar-refractivity contribution in [3.63, 3.8) is 0 Å². The Balaban J connectivity index is 2.47. The summed E-state index contributed by atoms with van der Waals surface area (Å²) in [6.07, 6.45) is -4.75. The van der Waals surface area contributed by atoms with Crippen LogP contribution in [-0.2, 0) is 10.0 Å². The van der Waals surface area contributed by atoms with Gasteiger partial charge in [-0.2, -0.15) is 0 Å². The van der Waals surface area contributed by atoms with Crippen LogP contribution < -0.4 is 20.5 Å². The first kappa shape index (κ1) is 19.0. The van der Waals surface area contributed by atoms with Crippen LogP contribution >= 0.6 is 0 Å². The van der Waals surface area contributed by atoms with E-state index in [1.165, 1.54) is 19.1 Å². The molecule has 0 atom stereocenters. The largest absolute Gasteiger partial charge is 0.573 e. The van der Waals surface area contributed by atoms with Gasteiger partial charge in [-0.05, 0) is 31.2 Å². The summed E-state index contributed by atoms with van der Waals surface area (Å²) in [6, 6.07) is 4.92. The van der Waals surface area contributed by atoms with E-state index < -0.39 is 16.4 Å². The number of hydrogen-bond donors (Lipinski definition) is 3. The highest BCUT2D eigenvalue weighted by Gasteiger charge is 2.30. The minimum Gasteiger partial charge on any atom is -0.406 e. The number of hydrogen-bond acceptors (Lipinski definition) is 4. The van der Waals surface area contributed by atoms with Gasteiger partial charge in [0, 0.05) is 12.2 Å². The molecular weight excluding hydrogens is 337 g/mol. The summed E-state index contributed by atoms with van der Waals surface area (Å²) in [7, 11) is -3.28. The zero-order valence-corrected chi connectivity index (χ0v) is 13.0. The zero-order valence-electron chi connectivity index (χ0n) is 12.2. The smallest absolute Gasteiger partial charge is 0.406 e. The fraction of sp³-hybridized carbons (Fsp3) is 0.417. The van der Waals surface area contributed by atoms with Gasteiger partial charge < -0.3 is 15.8 Å². The fourth-order valence-corrected chi connectivity index (χ4v) is 2.01. The van der Waals surface area contributed by atoms with E-state index >= 15 is 0 Å². The van der Waals surface area contributed by atoms with Gasteiger partial charge in [0.15, 0.2) is 5.96 Å². The SMILES string of the molecule is CCS(=O)(=O)NCCN=C(N)Nc1ccc(OC(F)(F)F)cc1. The first-order valence-corrected chi connectivity index (χ1v) is 8.16. The Hall–Kier alpha value is -2.01. The van der Waals surface area contributed by atoms with Crippen LogP contribution in [-0.4, -0.2) is 39.6 Å². The molecule has 0 fully saturated rings. The van der Waals surface area contributed by atoms with Gasteiger partial charge in [-0.3, -0.25) is 4.99 Å². The topological polar surface area (TPSA) is 106 Å². The second-order valence-corrected chi connectivity index (χ2v) is 6.36. The standard InChI is InChI=1S/C12H17F3N4O3S/c1-2-23(20,21)18-8-7-17-11(16)19-9-3-5-10(6-4-9)22-12(13,14)15/h3-6,18H,2,7-8H2,1H3,(H3,16,17,19). The van der Waals surface area contributed by atoms with Crippen LogP contribution in [0.2, 0.25) is 0 Å². The van der Waals surface area contributed by atoms with Crippen molar-refractivity contribution in [3.05, 3.63) is 24.3 Å². The molecule has 130 valence electrons. The number of halogens is 3. The Bertz CT molecular complexity index is 630. The van der Waals surface area contributed by atoms with Crippen molar-refractivity contribution in [3.8, 4) is 5.75 Å². The first-order valence-electron chi connectivity index (χ1n) is 6.51. The molecule has 0 saturated carbocycles. The van der Waals surface area contributed by atoms with E-state index in [0.29, 0.717) is 5.69 Å². The number of rotatable bonds is 7. The van der Waals surface area contributed by atoms with Gasteiger partial charge in [0.05, 0.1) is 12.3 Å². The predicted molar refractivity (Wildman–Crippen MR) is 80.7 cm³/mol. The maximum Gasteiger partial charge on any atom is 0.573 e. The summed E-state index contributed by atoms with van der Waals surface area (Å²) < 4.78 is 64.4. The van der Waals surface area contributed by atoms with E-state index in [2.05, 4.69) is 19.8 Å². The minimum atomic E-state index is -4.75. The highest BCUT2D eigenvalue weighted by Crippen LogP contribution is 2.23. The molecule has 0 aromatic heterocycles. The molecule has 0 heterocycles. The summed E-state index contributed by atoms with van der Waals surface area (Å²) in [6.45, 7) is 1.72. The predicted octanol–water partition coefficient (Wildman–Crippen LogP) is 1.25. The van der Waals surface area contributed by atoms with Crippen LogP contribution in [0.3, 0.4) is 0 Å². The average molecular weight is 354 g/mol. The third-order valence-electron chi connectivity index (χ3n) is 2.46. The number of ether oxygens (including phenoxy) is 1. The highest BCUT2D eigenvalue weighted by molar-refractivity contribution is 7.89. The Morgan fingerprint density at radius 3 is 2.43 bits per heavy atom. The Kier molecular flexibility index (Phi) is 6.63. The van der Waals surface area contributed by atoms with Gasteiger partial charge in [0.2, 0.25) is 10.0 Å². The van der Waals surface area contributed by atoms with Crippen LogP contribution in [0.4, 0.5) is 18.9 Å². The Morgan fingerprint density at radius 2 is 1.91 bits per heavy atom. The van der Waals surface area contributed by atoms with Crippen LogP contribution in [0.5, 0.6) is 5.75 Å². The quantitative estimate of drug-likeness (QED) is 0.388. The second kappa shape index (κ2) is 8.02. The average Bonchev–Trinajstić information content (AvgIpc) is 2.44. The molecular formula is C12H17F3N4O3S. The third kappa shape index (κ3) is 8.26. The molecule has 0 saturated heterocycles. The van der Waals surface area contributed by atoms with E-state index in [4.69, 9.17) is 5.73 Å². The molecule has 0 radical (unpaired) electrons. The summed E-state index contributed by atoms with van der Waals surface area (Å²) in [5.41, 5.74) is 5.99. The van der Waals surface area contributed by atoms with E-state index in [0.717, 1.165) is 12.1 Å². The lowest BCUT2D eigenvalue weighted by atomic mass is 10.3. The third-order valence-corrected chi connectivity index (χ3v) is 3.86. The normalized spacial score (nSPS) is 13.0. The van der Waals surface area contributed by atoms with Gasteiger partial charge in [0.1, 0.15) is 5.75 Å². The van der Waals surface area contributed by atoms with Crippen LogP contribution in [0.1, 0.15) is 6.92 Å². The maximum absolute atomic E-state index is 12.0. The molecule has 1 rings (SSSR count). The van der Waals surface area contributed by atoms with Crippen molar-refractivity contribution in [1.82, 2.24) is 4.72 Å².